The molecule has 5 rings (SSSR count). The average Bonchev–Trinajstić information content (AvgIpc) is 2.96. The van der Waals surface area contributed by atoms with Crippen LogP contribution in [-0.2, 0) is 4.74 Å². The van der Waals surface area contributed by atoms with Crippen LogP contribution < -0.4 is 5.32 Å². The van der Waals surface area contributed by atoms with Crippen LogP contribution >= 0.6 is 0 Å². The lowest BCUT2D eigenvalue weighted by Gasteiger charge is -2.56. The van der Waals surface area contributed by atoms with Crippen LogP contribution in [0, 0.1) is 23.2 Å². The van der Waals surface area contributed by atoms with Gasteiger partial charge in [-0.25, -0.2) is 0 Å². The predicted molar refractivity (Wildman–Crippen MR) is 87.7 cm³/mol. The zero-order valence-electron chi connectivity index (χ0n) is 13.9. The van der Waals surface area contributed by atoms with E-state index in [0.717, 1.165) is 24.4 Å². The van der Waals surface area contributed by atoms with E-state index in [1.165, 1.54) is 64.2 Å². The summed E-state index contributed by atoms with van der Waals surface area (Å²) in [5.74, 6) is 2.97. The lowest BCUT2D eigenvalue weighted by Crippen LogP contribution is -2.48. The molecule has 0 amide bonds. The molecule has 5 aliphatic rings. The third-order valence-electron chi connectivity index (χ3n) is 6.88. The van der Waals surface area contributed by atoms with Gasteiger partial charge in [-0.05, 0) is 74.5 Å². The maximum Gasteiger partial charge on any atom is 0.0897 e. The number of hydrogen-bond acceptors (Lipinski definition) is 3. The molecule has 1 atom stereocenters. The van der Waals surface area contributed by atoms with Gasteiger partial charge in [0, 0.05) is 12.6 Å². The molecule has 0 radical (unpaired) electrons. The molecule has 0 aromatic heterocycles. The molecule has 0 spiro atoms. The molecule has 0 aliphatic heterocycles. The van der Waals surface area contributed by atoms with Crippen LogP contribution in [0.15, 0.2) is 0 Å². The largest absolute Gasteiger partial charge is 0.389 e. The summed E-state index contributed by atoms with van der Waals surface area (Å²) >= 11 is 0. The third kappa shape index (κ3) is 3.37. The van der Waals surface area contributed by atoms with Crippen molar-refractivity contribution in [3.63, 3.8) is 0 Å². The molecule has 0 aromatic carbocycles. The fourth-order valence-electron chi connectivity index (χ4n) is 6.37. The van der Waals surface area contributed by atoms with Gasteiger partial charge in [-0.2, -0.15) is 0 Å². The Labute approximate surface area is 135 Å². The summed E-state index contributed by atoms with van der Waals surface area (Å²) in [7, 11) is 0. The maximum absolute atomic E-state index is 10.1. The summed E-state index contributed by atoms with van der Waals surface area (Å²) in [6, 6.07) is 0.637. The topological polar surface area (TPSA) is 41.5 Å². The van der Waals surface area contributed by atoms with E-state index in [9.17, 15) is 5.11 Å². The number of aliphatic hydroxyl groups excluding tert-OH is 1. The highest BCUT2D eigenvalue weighted by Gasteiger charge is 2.50. The fraction of sp³-hybridized carbons (Fsp3) is 1.00. The SMILES string of the molecule is O[C@@H](CNC1CCCC1)COCC12CC3CC(CC(C3)C1)C2. The van der Waals surface area contributed by atoms with E-state index in [2.05, 4.69) is 5.32 Å². The summed E-state index contributed by atoms with van der Waals surface area (Å²) < 4.78 is 6.01. The minimum atomic E-state index is -0.338. The van der Waals surface area contributed by atoms with Crippen molar-refractivity contribution < 1.29 is 9.84 Å². The molecule has 0 unspecified atom stereocenters. The number of hydrogen-bond donors (Lipinski definition) is 2. The van der Waals surface area contributed by atoms with Crippen LogP contribution in [0.4, 0.5) is 0 Å². The van der Waals surface area contributed by atoms with Gasteiger partial charge in [0.15, 0.2) is 0 Å². The van der Waals surface area contributed by atoms with Crippen molar-refractivity contribution in [3.8, 4) is 0 Å². The van der Waals surface area contributed by atoms with Crippen molar-refractivity contribution in [2.45, 2.75) is 76.4 Å². The standard InChI is InChI=1S/C19H33NO2/c21-18(11-20-17-3-1-2-4-17)12-22-13-19-8-14-5-15(9-19)7-16(6-14)10-19/h14-18,20-21H,1-13H2/t14?,15?,16?,18-,19?/m0/s1. The summed E-state index contributed by atoms with van der Waals surface area (Å²) in [5, 5.41) is 13.6. The van der Waals surface area contributed by atoms with Crippen molar-refractivity contribution >= 4 is 0 Å². The van der Waals surface area contributed by atoms with Gasteiger partial charge in [0.1, 0.15) is 0 Å². The molecule has 4 bridgehead atoms. The minimum absolute atomic E-state index is 0.338. The number of rotatable bonds is 7. The molecular weight excluding hydrogens is 274 g/mol. The average molecular weight is 307 g/mol. The maximum atomic E-state index is 10.1. The molecule has 0 saturated heterocycles. The van der Waals surface area contributed by atoms with E-state index in [1.54, 1.807) is 0 Å². The zero-order valence-corrected chi connectivity index (χ0v) is 13.9. The number of aliphatic hydroxyl groups is 1. The Kier molecular flexibility index (Phi) is 4.49. The smallest absolute Gasteiger partial charge is 0.0897 e. The monoisotopic (exact) mass is 307 g/mol. The van der Waals surface area contributed by atoms with Crippen LogP contribution in [0.5, 0.6) is 0 Å². The molecule has 2 N–H and O–H groups in total. The second-order valence-electron chi connectivity index (χ2n) is 8.98. The first kappa shape index (κ1) is 15.4. The van der Waals surface area contributed by atoms with Gasteiger partial charge in [0.25, 0.3) is 0 Å². The van der Waals surface area contributed by atoms with E-state index < -0.39 is 0 Å². The number of ether oxygens (including phenoxy) is 1. The fourth-order valence-corrected chi connectivity index (χ4v) is 6.37. The van der Waals surface area contributed by atoms with Crippen LogP contribution in [0.25, 0.3) is 0 Å². The van der Waals surface area contributed by atoms with Crippen molar-refractivity contribution in [2.24, 2.45) is 23.2 Å². The first-order valence-electron chi connectivity index (χ1n) is 9.70. The molecular formula is C19H33NO2. The normalized spacial score (nSPS) is 42.1. The lowest BCUT2D eigenvalue weighted by atomic mass is 9.50. The van der Waals surface area contributed by atoms with Gasteiger partial charge >= 0.3 is 0 Å². The minimum Gasteiger partial charge on any atom is -0.389 e. The summed E-state index contributed by atoms with van der Waals surface area (Å²) in [5.41, 5.74) is 0.480. The lowest BCUT2D eigenvalue weighted by molar-refractivity contribution is -0.105. The van der Waals surface area contributed by atoms with Crippen LogP contribution in [0.1, 0.15) is 64.2 Å². The molecule has 5 aliphatic carbocycles. The highest BCUT2D eigenvalue weighted by atomic mass is 16.5. The summed E-state index contributed by atoms with van der Waals surface area (Å²) in [4.78, 5) is 0. The van der Waals surface area contributed by atoms with Gasteiger partial charge in [-0.1, -0.05) is 12.8 Å². The Hall–Kier alpha value is -0.120. The Morgan fingerprint density at radius 2 is 1.59 bits per heavy atom. The highest BCUT2D eigenvalue weighted by Crippen LogP contribution is 2.60. The van der Waals surface area contributed by atoms with Crippen LogP contribution in [-0.4, -0.2) is 37.0 Å². The third-order valence-corrected chi connectivity index (χ3v) is 6.88. The Balaban J connectivity index is 1.18. The van der Waals surface area contributed by atoms with E-state index in [-0.39, 0.29) is 6.10 Å². The summed E-state index contributed by atoms with van der Waals surface area (Å²) in [6.45, 7) is 2.12. The van der Waals surface area contributed by atoms with E-state index in [0.29, 0.717) is 24.6 Å². The molecule has 3 nitrogen and oxygen atoms in total. The second-order valence-corrected chi connectivity index (χ2v) is 8.98. The van der Waals surface area contributed by atoms with Gasteiger partial charge in [-0.15, -0.1) is 0 Å². The Morgan fingerprint density at radius 3 is 2.18 bits per heavy atom. The second kappa shape index (κ2) is 6.41. The quantitative estimate of drug-likeness (QED) is 0.759. The van der Waals surface area contributed by atoms with E-state index in [4.69, 9.17) is 4.74 Å². The molecule has 22 heavy (non-hydrogen) atoms. The number of nitrogens with one attached hydrogen (secondary N) is 1. The van der Waals surface area contributed by atoms with Crippen LogP contribution in [0.3, 0.4) is 0 Å². The van der Waals surface area contributed by atoms with Gasteiger partial charge in [0.2, 0.25) is 0 Å². The molecule has 126 valence electrons. The molecule has 0 heterocycles. The van der Waals surface area contributed by atoms with E-state index >= 15 is 0 Å². The zero-order chi connectivity index (χ0) is 15.0. The predicted octanol–water partition coefficient (Wildman–Crippen LogP) is 3.11. The summed E-state index contributed by atoms with van der Waals surface area (Å²) in [6.07, 6.45) is 13.6. The first-order chi connectivity index (χ1) is 10.7. The van der Waals surface area contributed by atoms with Crippen LogP contribution in [0.2, 0.25) is 0 Å². The highest BCUT2D eigenvalue weighted by molar-refractivity contribution is 5.01. The van der Waals surface area contributed by atoms with Crippen molar-refractivity contribution in [1.29, 1.82) is 0 Å². The van der Waals surface area contributed by atoms with Gasteiger partial charge in [0.05, 0.1) is 19.3 Å². The molecule has 5 fully saturated rings. The van der Waals surface area contributed by atoms with Crippen molar-refractivity contribution in [2.75, 3.05) is 19.8 Å². The van der Waals surface area contributed by atoms with Gasteiger partial charge in [-0.3, -0.25) is 0 Å². The van der Waals surface area contributed by atoms with E-state index in [1.807, 2.05) is 0 Å². The first-order valence-corrected chi connectivity index (χ1v) is 9.70. The molecule has 5 saturated carbocycles. The molecule has 0 aromatic rings. The Morgan fingerprint density at radius 1 is 1.00 bits per heavy atom. The van der Waals surface area contributed by atoms with Gasteiger partial charge < -0.3 is 15.2 Å². The van der Waals surface area contributed by atoms with Crippen molar-refractivity contribution in [1.82, 2.24) is 5.32 Å². The van der Waals surface area contributed by atoms with Crippen molar-refractivity contribution in [3.05, 3.63) is 0 Å². The molecule has 3 heteroatoms. The Bertz CT molecular complexity index is 342.